The molecule has 0 spiro atoms. The second-order valence-electron chi connectivity index (χ2n) is 5.51. The van der Waals surface area contributed by atoms with Crippen molar-refractivity contribution in [2.45, 2.75) is 12.7 Å². The zero-order chi connectivity index (χ0) is 20.0. The molecule has 8 heteroatoms. The van der Waals surface area contributed by atoms with Crippen molar-refractivity contribution in [3.63, 3.8) is 0 Å². The van der Waals surface area contributed by atoms with Gasteiger partial charge in [-0.3, -0.25) is 4.79 Å². The number of aliphatic carboxylic acids is 1. The average molecular weight is 379 g/mol. The standard InChI is InChI=1S/C19H16F3NO4/c1-27-16-8-4-12(5-9-17(24)25)10-15(16)18(26)23-11-13-2-6-14(7-3-13)19(20,21)22/h2-10H,11H2,1H3,(H,23,26)(H,24,25)/b9-5+. The lowest BCUT2D eigenvalue weighted by Crippen LogP contribution is -2.23. The lowest BCUT2D eigenvalue weighted by molar-refractivity contribution is -0.137. The smallest absolute Gasteiger partial charge is 0.416 e. The van der Waals surface area contributed by atoms with Gasteiger partial charge >= 0.3 is 12.1 Å². The number of nitrogens with one attached hydrogen (secondary N) is 1. The van der Waals surface area contributed by atoms with Crippen LogP contribution in [0.3, 0.4) is 0 Å². The molecule has 142 valence electrons. The highest BCUT2D eigenvalue weighted by molar-refractivity contribution is 5.97. The second kappa shape index (κ2) is 8.39. The van der Waals surface area contributed by atoms with Gasteiger partial charge in [0.25, 0.3) is 5.91 Å². The van der Waals surface area contributed by atoms with E-state index >= 15 is 0 Å². The molecule has 0 aliphatic heterocycles. The van der Waals surface area contributed by atoms with Gasteiger partial charge < -0.3 is 15.2 Å². The molecule has 0 unspecified atom stereocenters. The van der Waals surface area contributed by atoms with E-state index in [0.29, 0.717) is 11.1 Å². The molecular weight excluding hydrogens is 363 g/mol. The molecule has 0 fully saturated rings. The molecule has 0 bridgehead atoms. The molecule has 2 rings (SSSR count). The molecule has 0 atom stereocenters. The molecule has 0 aliphatic rings. The molecule has 2 aromatic carbocycles. The second-order valence-corrected chi connectivity index (χ2v) is 5.51. The first-order valence-electron chi connectivity index (χ1n) is 7.74. The Morgan fingerprint density at radius 1 is 1.15 bits per heavy atom. The van der Waals surface area contributed by atoms with Crippen molar-refractivity contribution in [2.24, 2.45) is 0 Å². The number of halogens is 3. The van der Waals surface area contributed by atoms with Crippen LogP contribution in [0.25, 0.3) is 6.08 Å². The average Bonchev–Trinajstić information content (AvgIpc) is 2.63. The molecule has 5 nitrogen and oxygen atoms in total. The van der Waals surface area contributed by atoms with Crippen LogP contribution in [-0.2, 0) is 17.5 Å². The van der Waals surface area contributed by atoms with Gasteiger partial charge in [0, 0.05) is 12.6 Å². The Bertz CT molecular complexity index is 858. The predicted molar refractivity (Wildman–Crippen MR) is 92.3 cm³/mol. The number of carbonyl (C=O) groups excluding carboxylic acids is 1. The summed E-state index contributed by atoms with van der Waals surface area (Å²) in [7, 11) is 1.38. The number of carboxylic acid groups (broad SMARTS) is 1. The molecule has 0 aliphatic carbocycles. The summed E-state index contributed by atoms with van der Waals surface area (Å²) in [6, 6.07) is 9.03. The topological polar surface area (TPSA) is 75.6 Å². The van der Waals surface area contributed by atoms with Crippen LogP contribution < -0.4 is 10.1 Å². The molecule has 0 saturated heterocycles. The van der Waals surface area contributed by atoms with Gasteiger partial charge in [-0.1, -0.05) is 18.2 Å². The third kappa shape index (κ3) is 5.60. The molecule has 27 heavy (non-hydrogen) atoms. The maximum Gasteiger partial charge on any atom is 0.416 e. The maximum atomic E-state index is 12.6. The Morgan fingerprint density at radius 3 is 2.37 bits per heavy atom. The maximum absolute atomic E-state index is 12.6. The Morgan fingerprint density at radius 2 is 1.81 bits per heavy atom. The van der Waals surface area contributed by atoms with Gasteiger partial charge in [-0.25, -0.2) is 4.79 Å². The minimum absolute atomic E-state index is 0.0231. The summed E-state index contributed by atoms with van der Waals surface area (Å²) in [6.07, 6.45) is -2.15. The van der Waals surface area contributed by atoms with Crippen LogP contribution in [0.15, 0.2) is 48.5 Å². The van der Waals surface area contributed by atoms with Crippen LogP contribution in [0.5, 0.6) is 5.75 Å². The Balaban J connectivity index is 2.12. The van der Waals surface area contributed by atoms with E-state index in [1.54, 1.807) is 6.07 Å². The van der Waals surface area contributed by atoms with Gasteiger partial charge in [-0.15, -0.1) is 0 Å². The first kappa shape index (κ1) is 20.0. The summed E-state index contributed by atoms with van der Waals surface area (Å²) in [5, 5.41) is 11.3. The number of rotatable bonds is 6. The minimum atomic E-state index is -4.42. The number of amides is 1. The highest BCUT2D eigenvalue weighted by Gasteiger charge is 2.29. The molecule has 1 amide bonds. The van der Waals surface area contributed by atoms with E-state index in [2.05, 4.69) is 5.32 Å². The SMILES string of the molecule is COc1ccc(/C=C/C(=O)O)cc1C(=O)NCc1ccc(C(F)(F)F)cc1. The zero-order valence-corrected chi connectivity index (χ0v) is 14.2. The highest BCUT2D eigenvalue weighted by atomic mass is 19.4. The van der Waals surface area contributed by atoms with Gasteiger partial charge in [0.05, 0.1) is 18.2 Å². The van der Waals surface area contributed by atoms with Crippen molar-refractivity contribution >= 4 is 18.0 Å². The minimum Gasteiger partial charge on any atom is -0.496 e. The number of benzene rings is 2. The van der Waals surface area contributed by atoms with Crippen molar-refractivity contribution in [2.75, 3.05) is 7.11 Å². The monoisotopic (exact) mass is 379 g/mol. The van der Waals surface area contributed by atoms with Gasteiger partial charge in [-0.05, 0) is 41.5 Å². The molecule has 0 radical (unpaired) electrons. The van der Waals surface area contributed by atoms with E-state index < -0.39 is 23.6 Å². The molecule has 0 saturated carbocycles. The summed E-state index contributed by atoms with van der Waals surface area (Å²) in [5.74, 6) is -1.34. The van der Waals surface area contributed by atoms with Crippen LogP contribution in [0, 0.1) is 0 Å². The fraction of sp³-hybridized carbons (Fsp3) is 0.158. The summed E-state index contributed by atoms with van der Waals surface area (Å²) < 4.78 is 42.8. The molecule has 2 N–H and O–H groups in total. The zero-order valence-electron chi connectivity index (χ0n) is 14.2. The van der Waals surface area contributed by atoms with Crippen molar-refractivity contribution in [3.8, 4) is 5.75 Å². The first-order valence-corrected chi connectivity index (χ1v) is 7.74. The number of ether oxygens (including phenoxy) is 1. The summed E-state index contributed by atoms with van der Waals surface area (Å²) in [4.78, 5) is 23.0. The number of carbonyl (C=O) groups is 2. The van der Waals surface area contributed by atoms with Crippen molar-refractivity contribution in [1.82, 2.24) is 5.32 Å². The largest absolute Gasteiger partial charge is 0.496 e. The molecule has 0 heterocycles. The van der Waals surface area contributed by atoms with Crippen LogP contribution in [0.1, 0.15) is 27.0 Å². The van der Waals surface area contributed by atoms with E-state index in [4.69, 9.17) is 9.84 Å². The van der Waals surface area contributed by atoms with Gasteiger partial charge in [0.15, 0.2) is 0 Å². The van der Waals surface area contributed by atoms with Crippen LogP contribution >= 0.6 is 0 Å². The summed E-state index contributed by atoms with van der Waals surface area (Å²) >= 11 is 0. The fourth-order valence-corrected chi connectivity index (χ4v) is 2.26. The predicted octanol–water partition coefficient (Wildman–Crippen LogP) is 3.74. The lowest BCUT2D eigenvalue weighted by atomic mass is 10.1. The molecule has 0 aromatic heterocycles. The van der Waals surface area contributed by atoms with Crippen LogP contribution in [0.2, 0.25) is 0 Å². The van der Waals surface area contributed by atoms with E-state index in [-0.39, 0.29) is 17.9 Å². The third-order valence-corrected chi connectivity index (χ3v) is 3.62. The number of hydrogen-bond acceptors (Lipinski definition) is 3. The van der Waals surface area contributed by atoms with Crippen LogP contribution in [0.4, 0.5) is 13.2 Å². The van der Waals surface area contributed by atoms with E-state index in [1.165, 1.54) is 37.5 Å². The summed E-state index contributed by atoms with van der Waals surface area (Å²) in [5.41, 5.74) is 0.393. The summed E-state index contributed by atoms with van der Waals surface area (Å²) in [6.45, 7) is 0.0231. The number of alkyl halides is 3. The number of methoxy groups -OCH3 is 1. The van der Waals surface area contributed by atoms with E-state index in [9.17, 15) is 22.8 Å². The van der Waals surface area contributed by atoms with Gasteiger partial charge in [0.1, 0.15) is 5.75 Å². The van der Waals surface area contributed by atoms with E-state index in [0.717, 1.165) is 18.2 Å². The molecular formula is C19H16F3NO4. The van der Waals surface area contributed by atoms with Crippen molar-refractivity contribution in [1.29, 1.82) is 0 Å². The Labute approximate surface area is 153 Å². The lowest BCUT2D eigenvalue weighted by Gasteiger charge is -2.11. The Kier molecular flexibility index (Phi) is 6.23. The quantitative estimate of drug-likeness (QED) is 0.750. The van der Waals surface area contributed by atoms with Gasteiger partial charge in [0.2, 0.25) is 0 Å². The number of carboxylic acids is 1. The number of hydrogen-bond donors (Lipinski definition) is 2. The van der Waals surface area contributed by atoms with E-state index in [1.807, 2.05) is 0 Å². The van der Waals surface area contributed by atoms with Crippen molar-refractivity contribution in [3.05, 3.63) is 70.8 Å². The fourth-order valence-electron chi connectivity index (χ4n) is 2.26. The van der Waals surface area contributed by atoms with Crippen LogP contribution in [-0.4, -0.2) is 24.1 Å². The third-order valence-electron chi connectivity index (χ3n) is 3.62. The Hall–Kier alpha value is -3.29. The van der Waals surface area contributed by atoms with Crippen molar-refractivity contribution < 1.29 is 32.6 Å². The highest BCUT2D eigenvalue weighted by Crippen LogP contribution is 2.29. The van der Waals surface area contributed by atoms with Gasteiger partial charge in [-0.2, -0.15) is 13.2 Å². The normalized spacial score (nSPS) is 11.4. The molecule has 2 aromatic rings. The first-order chi connectivity index (χ1) is 12.7.